The summed E-state index contributed by atoms with van der Waals surface area (Å²) >= 11 is 0. The molecule has 2 N–H and O–H groups in total. The summed E-state index contributed by atoms with van der Waals surface area (Å²) in [7, 11) is 0. The minimum atomic E-state index is -0.635. The van der Waals surface area contributed by atoms with E-state index >= 15 is 0 Å². The highest BCUT2D eigenvalue weighted by molar-refractivity contribution is 5.97. The van der Waals surface area contributed by atoms with E-state index in [4.69, 9.17) is 9.47 Å². The van der Waals surface area contributed by atoms with Gasteiger partial charge in [-0.15, -0.1) is 0 Å². The molecule has 0 aliphatic carbocycles. The molecule has 0 saturated heterocycles. The quantitative estimate of drug-likeness (QED) is 0.603. The molecule has 0 radical (unpaired) electrons. The molecular formula is C22H19FN2O4. The molecule has 0 aliphatic rings. The zero-order valence-electron chi connectivity index (χ0n) is 15.4. The van der Waals surface area contributed by atoms with Crippen LogP contribution in [0.25, 0.3) is 0 Å². The highest BCUT2D eigenvalue weighted by Gasteiger charge is 2.14. The lowest BCUT2D eigenvalue weighted by Crippen LogP contribution is -2.44. The van der Waals surface area contributed by atoms with Gasteiger partial charge in [-0.05, 0) is 29.8 Å². The van der Waals surface area contributed by atoms with Gasteiger partial charge in [0.25, 0.3) is 11.8 Å². The van der Waals surface area contributed by atoms with Crippen molar-refractivity contribution >= 4 is 11.8 Å². The van der Waals surface area contributed by atoms with E-state index in [1.807, 2.05) is 30.3 Å². The van der Waals surface area contributed by atoms with Crippen LogP contribution in [0.1, 0.15) is 15.9 Å². The van der Waals surface area contributed by atoms with Crippen LogP contribution in [0.15, 0.2) is 78.9 Å². The number of para-hydroxylation sites is 2. The Kier molecular flexibility index (Phi) is 6.78. The van der Waals surface area contributed by atoms with Crippen molar-refractivity contribution in [2.24, 2.45) is 0 Å². The molecule has 148 valence electrons. The number of ether oxygens (including phenoxy) is 2. The van der Waals surface area contributed by atoms with Crippen LogP contribution < -0.4 is 20.3 Å². The molecule has 0 aliphatic heterocycles. The third-order valence-corrected chi connectivity index (χ3v) is 3.88. The summed E-state index contributed by atoms with van der Waals surface area (Å²) in [5.41, 5.74) is 5.75. The molecule has 0 fully saturated rings. The van der Waals surface area contributed by atoms with Crippen LogP contribution in [0, 0.1) is 5.82 Å². The zero-order chi connectivity index (χ0) is 20.5. The van der Waals surface area contributed by atoms with Gasteiger partial charge in [-0.2, -0.15) is 0 Å². The second kappa shape index (κ2) is 9.89. The summed E-state index contributed by atoms with van der Waals surface area (Å²) in [6.07, 6.45) is 0. The Morgan fingerprint density at radius 2 is 1.41 bits per heavy atom. The monoisotopic (exact) mass is 394 g/mol. The Bertz CT molecular complexity index is 979. The summed E-state index contributed by atoms with van der Waals surface area (Å²) in [4.78, 5) is 24.3. The first kappa shape index (κ1) is 19.9. The second-order valence-electron chi connectivity index (χ2n) is 5.99. The average Bonchev–Trinajstić information content (AvgIpc) is 2.76. The minimum absolute atomic E-state index is 0.0476. The summed E-state index contributed by atoms with van der Waals surface area (Å²) in [6.45, 7) is -0.151. The van der Waals surface area contributed by atoms with Gasteiger partial charge in [0.15, 0.2) is 18.2 Å². The third-order valence-electron chi connectivity index (χ3n) is 3.88. The predicted molar refractivity (Wildman–Crippen MR) is 105 cm³/mol. The number of halogens is 1. The first-order valence-corrected chi connectivity index (χ1v) is 8.86. The fourth-order valence-corrected chi connectivity index (χ4v) is 2.45. The topological polar surface area (TPSA) is 76.7 Å². The zero-order valence-corrected chi connectivity index (χ0v) is 15.4. The maximum Gasteiger partial charge on any atom is 0.276 e. The van der Waals surface area contributed by atoms with Crippen molar-refractivity contribution < 1.29 is 23.5 Å². The summed E-state index contributed by atoms with van der Waals surface area (Å²) in [5.74, 6) is -1.43. The maximum atomic E-state index is 13.5. The second-order valence-corrected chi connectivity index (χ2v) is 5.99. The molecule has 7 heteroatoms. The molecule has 0 bridgehead atoms. The smallest absolute Gasteiger partial charge is 0.276 e. The number of carbonyl (C=O) groups excluding carboxylic acids is 2. The van der Waals surface area contributed by atoms with Gasteiger partial charge < -0.3 is 9.47 Å². The average molecular weight is 394 g/mol. The van der Waals surface area contributed by atoms with E-state index in [0.29, 0.717) is 12.4 Å². The molecule has 0 aromatic heterocycles. The number of hydrogen-bond acceptors (Lipinski definition) is 4. The van der Waals surface area contributed by atoms with E-state index in [9.17, 15) is 14.0 Å². The SMILES string of the molecule is O=C(COc1ccccc1F)NNC(=O)c1ccccc1OCc1ccccc1. The Labute approximate surface area is 167 Å². The number of rotatable bonds is 7. The number of nitrogens with one attached hydrogen (secondary N) is 2. The van der Waals surface area contributed by atoms with Crippen molar-refractivity contribution in [3.8, 4) is 11.5 Å². The molecule has 0 heterocycles. The van der Waals surface area contributed by atoms with Gasteiger partial charge >= 0.3 is 0 Å². The highest BCUT2D eigenvalue weighted by Crippen LogP contribution is 2.19. The number of amides is 2. The Hall–Kier alpha value is -3.87. The van der Waals surface area contributed by atoms with Gasteiger partial charge in [0.05, 0.1) is 5.56 Å². The van der Waals surface area contributed by atoms with E-state index in [1.165, 1.54) is 18.2 Å². The molecule has 29 heavy (non-hydrogen) atoms. The lowest BCUT2D eigenvalue weighted by Gasteiger charge is -2.13. The van der Waals surface area contributed by atoms with Crippen molar-refractivity contribution in [2.75, 3.05) is 6.61 Å². The largest absolute Gasteiger partial charge is 0.488 e. The van der Waals surface area contributed by atoms with Crippen LogP contribution in [0.3, 0.4) is 0 Å². The van der Waals surface area contributed by atoms with Crippen molar-refractivity contribution in [2.45, 2.75) is 6.61 Å². The first-order valence-electron chi connectivity index (χ1n) is 8.86. The summed E-state index contributed by atoms with van der Waals surface area (Å²) in [6, 6.07) is 21.9. The minimum Gasteiger partial charge on any atom is -0.488 e. The molecule has 3 aromatic carbocycles. The van der Waals surface area contributed by atoms with Crippen molar-refractivity contribution in [3.05, 3.63) is 95.8 Å². The van der Waals surface area contributed by atoms with E-state index in [-0.39, 0.29) is 11.3 Å². The molecule has 3 aromatic rings. The van der Waals surface area contributed by atoms with E-state index in [1.54, 1.807) is 30.3 Å². The van der Waals surface area contributed by atoms with Gasteiger partial charge in [-0.1, -0.05) is 54.6 Å². The van der Waals surface area contributed by atoms with Gasteiger partial charge in [0, 0.05) is 0 Å². The predicted octanol–water partition coefficient (Wildman–Crippen LogP) is 3.24. The number of carbonyl (C=O) groups is 2. The molecule has 2 amide bonds. The van der Waals surface area contributed by atoms with Gasteiger partial charge in [0.2, 0.25) is 0 Å². The Morgan fingerprint density at radius 1 is 0.759 bits per heavy atom. The first-order chi connectivity index (χ1) is 14.1. The normalized spacial score (nSPS) is 10.1. The van der Waals surface area contributed by atoms with Crippen LogP contribution in [-0.4, -0.2) is 18.4 Å². The van der Waals surface area contributed by atoms with Crippen LogP contribution in [-0.2, 0) is 11.4 Å². The number of hydrazine groups is 1. The molecule has 0 unspecified atom stereocenters. The maximum absolute atomic E-state index is 13.5. The van der Waals surface area contributed by atoms with Crippen LogP contribution in [0.2, 0.25) is 0 Å². The highest BCUT2D eigenvalue weighted by atomic mass is 19.1. The van der Waals surface area contributed by atoms with E-state index in [2.05, 4.69) is 10.9 Å². The van der Waals surface area contributed by atoms with Gasteiger partial charge in [-0.25, -0.2) is 4.39 Å². The Balaban J connectivity index is 1.52. The van der Waals surface area contributed by atoms with Crippen molar-refractivity contribution in [1.29, 1.82) is 0 Å². The summed E-state index contributed by atoms with van der Waals surface area (Å²) in [5, 5.41) is 0. The third kappa shape index (κ3) is 5.80. The molecular weight excluding hydrogens is 375 g/mol. The van der Waals surface area contributed by atoms with Crippen molar-refractivity contribution in [1.82, 2.24) is 10.9 Å². The molecule has 0 spiro atoms. The standard InChI is InChI=1S/C22H19FN2O4/c23-18-11-5-7-13-20(18)29-15-21(26)24-25-22(27)17-10-4-6-12-19(17)28-14-16-8-2-1-3-9-16/h1-13H,14-15H2,(H,24,26)(H,25,27). The molecule has 0 saturated carbocycles. The number of benzene rings is 3. The van der Waals surface area contributed by atoms with Crippen molar-refractivity contribution in [3.63, 3.8) is 0 Å². The lowest BCUT2D eigenvalue weighted by molar-refractivity contribution is -0.123. The summed E-state index contributed by atoms with van der Waals surface area (Å²) < 4.78 is 24.3. The Morgan fingerprint density at radius 3 is 2.17 bits per heavy atom. The lowest BCUT2D eigenvalue weighted by atomic mass is 10.2. The van der Waals surface area contributed by atoms with Crippen LogP contribution in [0.4, 0.5) is 4.39 Å². The molecule has 0 atom stereocenters. The fraction of sp³-hybridized carbons (Fsp3) is 0.0909. The van der Waals surface area contributed by atoms with Gasteiger partial charge in [0.1, 0.15) is 12.4 Å². The van der Waals surface area contributed by atoms with E-state index in [0.717, 1.165) is 5.56 Å². The fourth-order valence-electron chi connectivity index (χ4n) is 2.45. The number of hydrogen-bond donors (Lipinski definition) is 2. The molecule has 6 nitrogen and oxygen atoms in total. The van der Waals surface area contributed by atoms with E-state index < -0.39 is 24.2 Å². The van der Waals surface area contributed by atoms with Gasteiger partial charge in [-0.3, -0.25) is 20.4 Å². The molecule has 3 rings (SSSR count). The van der Waals surface area contributed by atoms with Crippen LogP contribution in [0.5, 0.6) is 11.5 Å². The van der Waals surface area contributed by atoms with Crippen LogP contribution >= 0.6 is 0 Å².